The molecule has 3 fully saturated rings. The van der Waals surface area contributed by atoms with Gasteiger partial charge in [-0.25, -0.2) is 4.98 Å². The molecule has 0 unspecified atom stereocenters. The van der Waals surface area contributed by atoms with Crippen LogP contribution in [0.1, 0.15) is 29.9 Å². The van der Waals surface area contributed by atoms with Crippen molar-refractivity contribution in [3.05, 3.63) is 59.5 Å². The van der Waals surface area contributed by atoms with Crippen LogP contribution in [-0.4, -0.2) is 75.4 Å². The summed E-state index contributed by atoms with van der Waals surface area (Å²) in [7, 11) is 2.14. The molecule has 0 atom stereocenters. The Morgan fingerprint density at radius 3 is 2.48 bits per heavy atom. The maximum absolute atomic E-state index is 13.3. The second kappa shape index (κ2) is 9.93. The van der Waals surface area contributed by atoms with E-state index in [1.807, 2.05) is 29.3 Å². The third-order valence-electron chi connectivity index (χ3n) is 6.83. The molecule has 4 heterocycles. The average molecular weight is 449 g/mol. The normalized spacial score (nSPS) is 22.0. The standard InChI is InChI=1S/C26H32N4O3/c1-28-11-13-29(14-12-28)25-22(3-2-10-27-25)19-24-26(31)30(15-18-33-24)23-6-4-20(5-7-23)21-8-16-32-17-9-21/h2-7,10,19,21H,8-9,11-18H2,1H3/b24-19-. The van der Waals surface area contributed by atoms with E-state index in [2.05, 4.69) is 46.1 Å². The van der Waals surface area contributed by atoms with Crippen LogP contribution >= 0.6 is 0 Å². The van der Waals surface area contributed by atoms with Gasteiger partial charge in [-0.2, -0.15) is 0 Å². The lowest BCUT2D eigenvalue weighted by Gasteiger charge is -2.34. The van der Waals surface area contributed by atoms with Crippen LogP contribution < -0.4 is 9.80 Å². The van der Waals surface area contributed by atoms with E-state index >= 15 is 0 Å². The fraction of sp³-hybridized carbons (Fsp3) is 0.462. The summed E-state index contributed by atoms with van der Waals surface area (Å²) < 4.78 is 11.3. The number of benzene rings is 1. The van der Waals surface area contributed by atoms with Crippen molar-refractivity contribution in [3.8, 4) is 0 Å². The van der Waals surface area contributed by atoms with E-state index in [4.69, 9.17) is 9.47 Å². The highest BCUT2D eigenvalue weighted by molar-refractivity contribution is 6.07. The number of hydrogen-bond donors (Lipinski definition) is 0. The Balaban J connectivity index is 1.34. The van der Waals surface area contributed by atoms with E-state index in [1.165, 1.54) is 5.56 Å². The molecule has 0 aliphatic carbocycles. The highest BCUT2D eigenvalue weighted by atomic mass is 16.5. The molecule has 2 aromatic rings. The van der Waals surface area contributed by atoms with Gasteiger partial charge in [0.25, 0.3) is 5.91 Å². The smallest absolute Gasteiger partial charge is 0.293 e. The number of pyridine rings is 1. The van der Waals surface area contributed by atoms with Gasteiger partial charge in [-0.1, -0.05) is 12.1 Å². The summed E-state index contributed by atoms with van der Waals surface area (Å²) in [5.41, 5.74) is 3.16. The van der Waals surface area contributed by atoms with Gasteiger partial charge in [0.15, 0.2) is 5.76 Å². The van der Waals surface area contributed by atoms with Crippen molar-refractivity contribution in [1.82, 2.24) is 9.88 Å². The van der Waals surface area contributed by atoms with E-state index in [0.717, 1.165) is 69.3 Å². The Hall–Kier alpha value is -2.90. The van der Waals surface area contributed by atoms with Crippen LogP contribution in [0.2, 0.25) is 0 Å². The van der Waals surface area contributed by atoms with E-state index < -0.39 is 0 Å². The van der Waals surface area contributed by atoms with Crippen LogP contribution in [0.4, 0.5) is 11.5 Å². The molecule has 5 rings (SSSR count). The van der Waals surface area contributed by atoms with E-state index in [9.17, 15) is 4.79 Å². The summed E-state index contributed by atoms with van der Waals surface area (Å²) in [6.45, 7) is 6.52. The van der Waals surface area contributed by atoms with Gasteiger partial charge < -0.3 is 24.2 Å². The lowest BCUT2D eigenvalue weighted by atomic mass is 9.91. The highest BCUT2D eigenvalue weighted by Gasteiger charge is 2.27. The van der Waals surface area contributed by atoms with Crippen LogP contribution in [0.3, 0.4) is 0 Å². The van der Waals surface area contributed by atoms with Crippen molar-refractivity contribution in [2.24, 2.45) is 0 Å². The zero-order chi connectivity index (χ0) is 22.6. The molecule has 3 aliphatic rings. The summed E-state index contributed by atoms with van der Waals surface area (Å²) in [5.74, 6) is 1.72. The van der Waals surface area contributed by atoms with Gasteiger partial charge in [0, 0.05) is 56.8 Å². The average Bonchev–Trinajstić information content (AvgIpc) is 2.87. The molecular formula is C26H32N4O3. The molecule has 0 N–H and O–H groups in total. The molecule has 0 bridgehead atoms. The largest absolute Gasteiger partial charge is 0.486 e. The zero-order valence-electron chi connectivity index (χ0n) is 19.3. The van der Waals surface area contributed by atoms with Gasteiger partial charge in [0.1, 0.15) is 12.4 Å². The third kappa shape index (κ3) is 4.89. The number of anilines is 2. The molecule has 174 valence electrons. The molecule has 7 heteroatoms. The molecule has 0 spiro atoms. The SMILES string of the molecule is CN1CCN(c2ncccc2/C=C2\OCCN(c3ccc(C4CCOCC4)cc3)C2=O)CC1. The topological polar surface area (TPSA) is 58.1 Å². The maximum atomic E-state index is 13.3. The second-order valence-electron chi connectivity index (χ2n) is 9.00. The third-order valence-corrected chi connectivity index (χ3v) is 6.83. The Morgan fingerprint density at radius 1 is 0.970 bits per heavy atom. The number of hydrogen-bond acceptors (Lipinski definition) is 6. The van der Waals surface area contributed by atoms with E-state index in [1.54, 1.807) is 0 Å². The second-order valence-corrected chi connectivity index (χ2v) is 9.00. The van der Waals surface area contributed by atoms with Crippen LogP contribution in [0.15, 0.2) is 48.4 Å². The molecule has 1 aromatic carbocycles. The summed E-state index contributed by atoms with van der Waals surface area (Å²) in [6, 6.07) is 12.4. The minimum Gasteiger partial charge on any atom is -0.486 e. The van der Waals surface area contributed by atoms with Crippen LogP contribution in [0.5, 0.6) is 0 Å². The summed E-state index contributed by atoms with van der Waals surface area (Å²) >= 11 is 0. The fourth-order valence-electron chi connectivity index (χ4n) is 4.80. The number of carbonyl (C=O) groups excluding carboxylic acids is 1. The number of rotatable bonds is 4. The number of morpholine rings is 1. The molecule has 7 nitrogen and oxygen atoms in total. The van der Waals surface area contributed by atoms with E-state index in [-0.39, 0.29) is 5.91 Å². The monoisotopic (exact) mass is 448 g/mol. The van der Waals surface area contributed by atoms with Gasteiger partial charge >= 0.3 is 0 Å². The van der Waals surface area contributed by atoms with Crippen molar-refractivity contribution in [1.29, 1.82) is 0 Å². The van der Waals surface area contributed by atoms with Crippen molar-refractivity contribution in [2.75, 3.05) is 69.4 Å². The first-order valence-electron chi connectivity index (χ1n) is 11.9. The lowest BCUT2D eigenvalue weighted by Crippen LogP contribution is -2.45. The van der Waals surface area contributed by atoms with Crippen LogP contribution in [0.25, 0.3) is 6.08 Å². The minimum atomic E-state index is -0.103. The number of ether oxygens (including phenoxy) is 2. The highest BCUT2D eigenvalue weighted by Crippen LogP contribution is 2.30. The first-order valence-corrected chi connectivity index (χ1v) is 11.9. The Labute approximate surface area is 195 Å². The molecule has 0 saturated carbocycles. The summed E-state index contributed by atoms with van der Waals surface area (Å²) in [5, 5.41) is 0. The van der Waals surface area contributed by atoms with Gasteiger partial charge in [-0.15, -0.1) is 0 Å². The Morgan fingerprint density at radius 2 is 1.73 bits per heavy atom. The number of piperazine rings is 1. The van der Waals surface area contributed by atoms with Crippen molar-refractivity contribution < 1.29 is 14.3 Å². The summed E-state index contributed by atoms with van der Waals surface area (Å²) in [6.07, 6.45) is 5.78. The maximum Gasteiger partial charge on any atom is 0.293 e. The fourth-order valence-corrected chi connectivity index (χ4v) is 4.80. The quantitative estimate of drug-likeness (QED) is 0.670. The van der Waals surface area contributed by atoms with Crippen LogP contribution in [0, 0.1) is 0 Å². The molecule has 1 amide bonds. The number of amides is 1. The first kappa shape index (κ1) is 21.9. The predicted molar refractivity (Wildman–Crippen MR) is 129 cm³/mol. The molecule has 33 heavy (non-hydrogen) atoms. The molecular weight excluding hydrogens is 416 g/mol. The van der Waals surface area contributed by atoms with Gasteiger partial charge in [-0.3, -0.25) is 4.79 Å². The van der Waals surface area contributed by atoms with E-state index in [0.29, 0.717) is 24.8 Å². The molecule has 0 radical (unpaired) electrons. The van der Waals surface area contributed by atoms with Crippen molar-refractivity contribution in [3.63, 3.8) is 0 Å². The molecule has 3 aliphatic heterocycles. The van der Waals surface area contributed by atoms with Crippen molar-refractivity contribution in [2.45, 2.75) is 18.8 Å². The zero-order valence-corrected chi connectivity index (χ0v) is 19.3. The minimum absolute atomic E-state index is 0.103. The summed E-state index contributed by atoms with van der Waals surface area (Å²) in [4.78, 5) is 24.4. The number of likely N-dealkylation sites (N-methyl/N-ethyl adjacent to an activating group) is 1. The van der Waals surface area contributed by atoms with Gasteiger partial charge in [-0.05, 0) is 61.7 Å². The number of carbonyl (C=O) groups is 1. The van der Waals surface area contributed by atoms with Gasteiger partial charge in [0.2, 0.25) is 0 Å². The Kier molecular flexibility index (Phi) is 6.60. The molecule has 1 aromatic heterocycles. The lowest BCUT2D eigenvalue weighted by molar-refractivity contribution is -0.120. The number of aromatic nitrogens is 1. The Bertz CT molecular complexity index is 993. The predicted octanol–water partition coefficient (Wildman–Crippen LogP) is 3.13. The van der Waals surface area contributed by atoms with Crippen LogP contribution in [-0.2, 0) is 14.3 Å². The van der Waals surface area contributed by atoms with Crippen molar-refractivity contribution >= 4 is 23.5 Å². The molecule has 3 saturated heterocycles. The van der Waals surface area contributed by atoms with Gasteiger partial charge in [0.05, 0.1) is 6.54 Å². The number of nitrogens with zero attached hydrogens (tertiary/aromatic N) is 4. The first-order chi connectivity index (χ1) is 16.2.